The molecular formula is C12H14FN5O2S. The van der Waals surface area contributed by atoms with Crippen molar-refractivity contribution in [1.82, 2.24) is 14.8 Å². The topological polar surface area (TPSA) is 99.9 Å². The zero-order chi connectivity index (χ0) is 15.4. The van der Waals surface area contributed by atoms with Crippen molar-refractivity contribution in [3.8, 4) is 0 Å². The minimum Gasteiger partial charge on any atom is -0.330 e. The van der Waals surface area contributed by atoms with Gasteiger partial charge in [-0.3, -0.25) is 10.1 Å². The summed E-state index contributed by atoms with van der Waals surface area (Å²) in [4.78, 5) is 10.2. The number of non-ortho nitro benzene ring substituents is 1. The monoisotopic (exact) mass is 311 g/mol. The van der Waals surface area contributed by atoms with E-state index in [1.54, 1.807) is 0 Å². The van der Waals surface area contributed by atoms with Gasteiger partial charge in [0.1, 0.15) is 11.6 Å². The van der Waals surface area contributed by atoms with Crippen LogP contribution in [0.5, 0.6) is 0 Å². The Bertz CT molecular complexity index is 661. The van der Waals surface area contributed by atoms with E-state index in [0.29, 0.717) is 24.7 Å². The molecule has 0 saturated carbocycles. The summed E-state index contributed by atoms with van der Waals surface area (Å²) in [6.07, 6.45) is 0.587. The second-order valence-corrected chi connectivity index (χ2v) is 5.16. The van der Waals surface area contributed by atoms with Crippen LogP contribution in [0.25, 0.3) is 0 Å². The van der Waals surface area contributed by atoms with Crippen LogP contribution in [0, 0.1) is 15.9 Å². The van der Waals surface area contributed by atoms with Gasteiger partial charge in [0.05, 0.1) is 15.9 Å². The summed E-state index contributed by atoms with van der Waals surface area (Å²) in [7, 11) is 0. The Kier molecular flexibility index (Phi) is 4.86. The van der Waals surface area contributed by atoms with Crippen LogP contribution in [0.1, 0.15) is 12.7 Å². The lowest BCUT2D eigenvalue weighted by atomic mass is 10.3. The minimum atomic E-state index is -0.653. The molecule has 1 aromatic carbocycles. The average molecular weight is 311 g/mol. The van der Waals surface area contributed by atoms with Crippen molar-refractivity contribution in [2.24, 2.45) is 5.73 Å². The van der Waals surface area contributed by atoms with Crippen LogP contribution in [0.2, 0.25) is 0 Å². The Balaban J connectivity index is 2.28. The summed E-state index contributed by atoms with van der Waals surface area (Å²) in [6, 6.07) is 3.53. The van der Waals surface area contributed by atoms with Gasteiger partial charge in [0.15, 0.2) is 5.16 Å². The second kappa shape index (κ2) is 6.64. The van der Waals surface area contributed by atoms with E-state index in [1.807, 2.05) is 11.5 Å². The summed E-state index contributed by atoms with van der Waals surface area (Å²) in [6.45, 7) is 3.02. The predicted octanol–water partition coefficient (Wildman–Crippen LogP) is 2.00. The molecule has 0 fully saturated rings. The Morgan fingerprint density at radius 3 is 2.81 bits per heavy atom. The van der Waals surface area contributed by atoms with E-state index in [1.165, 1.54) is 12.1 Å². The van der Waals surface area contributed by atoms with Gasteiger partial charge in [0.2, 0.25) is 0 Å². The normalized spacial score (nSPS) is 10.8. The van der Waals surface area contributed by atoms with Gasteiger partial charge in [-0.15, -0.1) is 10.2 Å². The summed E-state index contributed by atoms with van der Waals surface area (Å²) in [5.74, 6) is 0.0880. The number of rotatable bonds is 6. The highest BCUT2D eigenvalue weighted by Gasteiger charge is 2.16. The van der Waals surface area contributed by atoms with E-state index in [-0.39, 0.29) is 10.6 Å². The van der Waals surface area contributed by atoms with Gasteiger partial charge >= 0.3 is 0 Å². The average Bonchev–Trinajstić information content (AvgIpc) is 2.83. The summed E-state index contributed by atoms with van der Waals surface area (Å²) >= 11 is 1.08. The van der Waals surface area contributed by atoms with Crippen molar-refractivity contribution in [2.45, 2.75) is 29.9 Å². The summed E-state index contributed by atoms with van der Waals surface area (Å²) in [5.41, 5.74) is 5.22. The SMILES string of the molecule is CCn1c(CCN)nnc1Sc1ccc([N+](=O)[O-])cc1F. The third kappa shape index (κ3) is 3.37. The van der Waals surface area contributed by atoms with Crippen LogP contribution >= 0.6 is 11.8 Å². The molecule has 0 spiro atoms. The van der Waals surface area contributed by atoms with Crippen LogP contribution < -0.4 is 5.73 Å². The molecule has 0 radical (unpaired) electrons. The molecule has 2 aromatic rings. The Hall–Kier alpha value is -2.00. The Morgan fingerprint density at radius 2 is 2.24 bits per heavy atom. The van der Waals surface area contributed by atoms with E-state index in [2.05, 4.69) is 10.2 Å². The molecule has 0 unspecified atom stereocenters. The third-order valence-corrected chi connectivity index (χ3v) is 3.84. The zero-order valence-corrected chi connectivity index (χ0v) is 12.1. The molecule has 0 aliphatic rings. The summed E-state index contributed by atoms with van der Waals surface area (Å²) in [5, 5.41) is 19.2. The fraction of sp³-hybridized carbons (Fsp3) is 0.333. The maximum atomic E-state index is 13.9. The number of hydrogen-bond acceptors (Lipinski definition) is 6. The number of nitro benzene ring substituents is 1. The third-order valence-electron chi connectivity index (χ3n) is 2.81. The second-order valence-electron chi connectivity index (χ2n) is 4.16. The fourth-order valence-electron chi connectivity index (χ4n) is 1.81. The first-order valence-electron chi connectivity index (χ1n) is 6.30. The van der Waals surface area contributed by atoms with E-state index < -0.39 is 10.7 Å². The standard InChI is InChI=1S/C12H14FN5O2S/c1-2-17-11(5-6-14)15-16-12(17)21-10-4-3-8(18(19)20)7-9(10)13/h3-4,7H,2,5-6,14H2,1H3. The van der Waals surface area contributed by atoms with Crippen molar-refractivity contribution in [3.63, 3.8) is 0 Å². The zero-order valence-electron chi connectivity index (χ0n) is 11.3. The lowest BCUT2D eigenvalue weighted by Gasteiger charge is -2.06. The molecule has 0 bridgehead atoms. The lowest BCUT2D eigenvalue weighted by molar-refractivity contribution is -0.385. The number of nitrogens with two attached hydrogens (primary N) is 1. The van der Waals surface area contributed by atoms with Gasteiger partial charge in [-0.1, -0.05) is 0 Å². The quantitative estimate of drug-likeness (QED) is 0.647. The molecular weight excluding hydrogens is 297 g/mol. The predicted molar refractivity (Wildman–Crippen MR) is 75.6 cm³/mol. The molecule has 0 saturated heterocycles. The molecule has 0 aliphatic carbocycles. The molecule has 1 aromatic heterocycles. The summed E-state index contributed by atoms with van der Waals surface area (Å²) < 4.78 is 15.7. The highest BCUT2D eigenvalue weighted by molar-refractivity contribution is 7.99. The number of nitrogens with zero attached hydrogens (tertiary/aromatic N) is 4. The van der Waals surface area contributed by atoms with Crippen molar-refractivity contribution < 1.29 is 9.31 Å². The molecule has 1 heterocycles. The molecule has 2 rings (SSSR count). The number of benzene rings is 1. The van der Waals surface area contributed by atoms with Crippen LogP contribution in [-0.2, 0) is 13.0 Å². The molecule has 7 nitrogen and oxygen atoms in total. The van der Waals surface area contributed by atoms with Crippen molar-refractivity contribution in [3.05, 3.63) is 40.0 Å². The van der Waals surface area contributed by atoms with Gasteiger partial charge in [-0.25, -0.2) is 4.39 Å². The highest BCUT2D eigenvalue weighted by Crippen LogP contribution is 2.31. The van der Waals surface area contributed by atoms with E-state index >= 15 is 0 Å². The molecule has 21 heavy (non-hydrogen) atoms. The first-order valence-corrected chi connectivity index (χ1v) is 7.12. The number of aromatic nitrogens is 3. The van der Waals surface area contributed by atoms with Crippen molar-refractivity contribution >= 4 is 17.4 Å². The molecule has 0 aliphatic heterocycles. The Morgan fingerprint density at radius 1 is 1.48 bits per heavy atom. The Labute approximate surface area is 124 Å². The van der Waals surface area contributed by atoms with Crippen molar-refractivity contribution in [1.29, 1.82) is 0 Å². The number of hydrogen-bond donors (Lipinski definition) is 1. The molecule has 112 valence electrons. The molecule has 2 N–H and O–H groups in total. The van der Waals surface area contributed by atoms with Crippen LogP contribution in [0.3, 0.4) is 0 Å². The highest BCUT2D eigenvalue weighted by atomic mass is 32.2. The largest absolute Gasteiger partial charge is 0.330 e. The van der Waals surface area contributed by atoms with Gasteiger partial charge in [-0.05, 0) is 31.3 Å². The molecule has 9 heteroatoms. The van der Waals surface area contributed by atoms with Gasteiger partial charge in [0.25, 0.3) is 5.69 Å². The van der Waals surface area contributed by atoms with Crippen LogP contribution in [0.15, 0.2) is 28.3 Å². The van der Waals surface area contributed by atoms with Crippen LogP contribution in [-0.4, -0.2) is 26.2 Å². The first-order chi connectivity index (χ1) is 10.1. The van der Waals surface area contributed by atoms with E-state index in [9.17, 15) is 14.5 Å². The van der Waals surface area contributed by atoms with Crippen LogP contribution in [0.4, 0.5) is 10.1 Å². The lowest BCUT2D eigenvalue weighted by Crippen LogP contribution is -2.09. The van der Waals surface area contributed by atoms with Crippen molar-refractivity contribution in [2.75, 3.05) is 6.54 Å². The maximum absolute atomic E-state index is 13.9. The fourth-order valence-corrected chi connectivity index (χ4v) is 2.73. The maximum Gasteiger partial charge on any atom is 0.272 e. The smallest absolute Gasteiger partial charge is 0.272 e. The molecule has 0 atom stereocenters. The number of nitro groups is 1. The molecule has 0 amide bonds. The number of halogens is 1. The van der Waals surface area contributed by atoms with Gasteiger partial charge < -0.3 is 10.3 Å². The van der Waals surface area contributed by atoms with E-state index in [0.717, 1.165) is 23.7 Å². The van der Waals surface area contributed by atoms with E-state index in [4.69, 9.17) is 5.73 Å². The van der Waals surface area contributed by atoms with Gasteiger partial charge in [-0.2, -0.15) is 0 Å². The van der Waals surface area contributed by atoms with Gasteiger partial charge in [0, 0.05) is 19.0 Å². The minimum absolute atomic E-state index is 0.266. The first kappa shape index (κ1) is 15.4.